The minimum atomic E-state index is -6.49. The van der Waals surface area contributed by atoms with Gasteiger partial charge in [0.15, 0.2) is 5.75 Å². The molecular weight excluding hydrogens is 420 g/mol. The van der Waals surface area contributed by atoms with Crippen LogP contribution >= 0.6 is 15.9 Å². The lowest BCUT2D eigenvalue weighted by molar-refractivity contribution is -0.348. The van der Waals surface area contributed by atoms with E-state index in [1.165, 1.54) is 0 Å². The second-order valence-corrected chi connectivity index (χ2v) is 4.93. The van der Waals surface area contributed by atoms with Crippen LogP contribution in [0.25, 0.3) is 0 Å². The minimum Gasteiger partial charge on any atom is -0.404 e. The molecule has 0 fully saturated rings. The predicted octanol–water partition coefficient (Wildman–Crippen LogP) is 5.22. The molecule has 1 aromatic carbocycles. The van der Waals surface area contributed by atoms with Gasteiger partial charge in [0, 0.05) is 10.0 Å². The van der Waals surface area contributed by atoms with Crippen molar-refractivity contribution in [1.82, 2.24) is 0 Å². The van der Waals surface area contributed by atoms with Crippen LogP contribution in [-0.2, 0) is 5.67 Å². The fraction of sp³-hybridized carbons (Fsp3) is 0.400. The van der Waals surface area contributed by atoms with Crippen molar-refractivity contribution in [3.63, 3.8) is 0 Å². The Morgan fingerprint density at radius 2 is 1.26 bits per heavy atom. The highest BCUT2D eigenvalue weighted by atomic mass is 79.9. The van der Waals surface area contributed by atoms with E-state index in [1.807, 2.05) is 0 Å². The molecule has 0 saturated heterocycles. The number of hydrogen-bond acceptors (Lipinski definition) is 2. The van der Waals surface area contributed by atoms with E-state index in [2.05, 4.69) is 20.7 Å². The molecule has 13 heteroatoms. The summed E-state index contributed by atoms with van der Waals surface area (Å²) in [7, 11) is 0. The topological polar surface area (TPSA) is 35.2 Å². The maximum atomic E-state index is 13.8. The summed E-state index contributed by atoms with van der Waals surface area (Å²) in [5, 5.41) is 0. The maximum absolute atomic E-state index is 13.8. The zero-order valence-electron chi connectivity index (χ0n) is 10.3. The van der Waals surface area contributed by atoms with Crippen molar-refractivity contribution in [2.24, 2.45) is 0 Å². The second-order valence-electron chi connectivity index (χ2n) is 4.07. The van der Waals surface area contributed by atoms with Crippen LogP contribution < -0.4 is 10.5 Å². The molecule has 0 aromatic heterocycles. The Hall–Kier alpha value is -1.40. The minimum absolute atomic E-state index is 0.0282. The van der Waals surface area contributed by atoms with Crippen LogP contribution in [0.4, 0.5) is 49.6 Å². The van der Waals surface area contributed by atoms with E-state index in [4.69, 9.17) is 5.73 Å². The highest BCUT2D eigenvalue weighted by Gasteiger charge is 2.73. The Bertz CT molecular complexity index is 577. The second kappa shape index (κ2) is 5.60. The molecule has 0 saturated carbocycles. The number of halogens is 11. The maximum Gasteiger partial charge on any atom is 0.573 e. The van der Waals surface area contributed by atoms with Crippen molar-refractivity contribution in [1.29, 1.82) is 0 Å². The van der Waals surface area contributed by atoms with Gasteiger partial charge in [-0.1, -0.05) is 0 Å². The van der Waals surface area contributed by atoms with Gasteiger partial charge in [0.05, 0.1) is 5.69 Å². The average Bonchev–Trinajstić information content (AvgIpc) is 2.29. The first-order chi connectivity index (χ1) is 10.0. The van der Waals surface area contributed by atoms with Crippen molar-refractivity contribution in [3.05, 3.63) is 22.2 Å². The number of hydrogen-bond donors (Lipinski definition) is 1. The number of rotatable bonds is 2. The molecular formula is C10H4BrF10NO. The van der Waals surface area contributed by atoms with Gasteiger partial charge in [-0.2, -0.15) is 26.3 Å². The number of benzene rings is 1. The Labute approximate surface area is 129 Å². The molecule has 0 aliphatic rings. The number of anilines is 1. The van der Waals surface area contributed by atoms with Gasteiger partial charge in [-0.15, -0.1) is 13.2 Å². The number of ether oxygens (including phenoxy) is 1. The Morgan fingerprint density at radius 1 is 0.826 bits per heavy atom. The first kappa shape index (κ1) is 19.6. The van der Waals surface area contributed by atoms with E-state index in [-0.39, 0.29) is 6.07 Å². The molecule has 0 amide bonds. The Kier molecular flexibility index (Phi) is 4.78. The van der Waals surface area contributed by atoms with Crippen LogP contribution in [0.5, 0.6) is 5.75 Å². The third-order valence-corrected chi connectivity index (χ3v) is 3.15. The third-order valence-electron chi connectivity index (χ3n) is 2.50. The summed E-state index contributed by atoms with van der Waals surface area (Å²) >= 11 is 2.36. The normalized spacial score (nSPS) is 14.0. The van der Waals surface area contributed by atoms with Crippen molar-refractivity contribution >= 4 is 21.6 Å². The van der Waals surface area contributed by atoms with E-state index >= 15 is 0 Å². The van der Waals surface area contributed by atoms with Gasteiger partial charge >= 0.3 is 24.4 Å². The summed E-state index contributed by atoms with van der Waals surface area (Å²) in [5.74, 6) is -1.61. The van der Waals surface area contributed by atoms with Gasteiger partial charge in [-0.3, -0.25) is 0 Å². The lowest BCUT2D eigenvalue weighted by atomic mass is 9.93. The Morgan fingerprint density at radius 3 is 1.61 bits per heavy atom. The fourth-order valence-electron chi connectivity index (χ4n) is 1.49. The number of nitrogen functional groups attached to an aromatic ring is 1. The molecule has 2 N–H and O–H groups in total. The van der Waals surface area contributed by atoms with Gasteiger partial charge in [0.2, 0.25) is 0 Å². The molecule has 0 bridgehead atoms. The molecule has 0 spiro atoms. The van der Waals surface area contributed by atoms with Gasteiger partial charge in [-0.05, 0) is 28.1 Å². The monoisotopic (exact) mass is 423 g/mol. The molecule has 0 atom stereocenters. The summed E-state index contributed by atoms with van der Waals surface area (Å²) in [6.45, 7) is 0. The molecule has 1 rings (SSSR count). The summed E-state index contributed by atoms with van der Waals surface area (Å²) < 4.78 is 128. The van der Waals surface area contributed by atoms with E-state index < -0.39 is 51.9 Å². The SMILES string of the molecule is Nc1c(Br)cc(C(F)(C(F)(F)F)C(F)(F)F)cc1OC(F)(F)F. The molecule has 0 aliphatic heterocycles. The lowest BCUT2D eigenvalue weighted by Crippen LogP contribution is -2.50. The van der Waals surface area contributed by atoms with Crippen molar-refractivity contribution in [3.8, 4) is 5.75 Å². The highest BCUT2D eigenvalue weighted by molar-refractivity contribution is 9.10. The Balaban J connectivity index is 3.64. The molecule has 2 nitrogen and oxygen atoms in total. The van der Waals surface area contributed by atoms with Crippen LogP contribution in [0.1, 0.15) is 5.56 Å². The van der Waals surface area contributed by atoms with Crippen LogP contribution in [0.15, 0.2) is 16.6 Å². The summed E-state index contributed by atoms with van der Waals surface area (Å²) in [4.78, 5) is 0. The largest absolute Gasteiger partial charge is 0.573 e. The van der Waals surface area contributed by atoms with Crippen molar-refractivity contribution < 1.29 is 48.6 Å². The van der Waals surface area contributed by atoms with E-state index in [1.54, 1.807) is 0 Å². The molecule has 0 heterocycles. The summed E-state index contributed by atoms with van der Waals surface area (Å²) in [6, 6.07) is -0.436. The molecule has 1 aromatic rings. The quantitative estimate of drug-likeness (QED) is 0.522. The van der Waals surface area contributed by atoms with E-state index in [9.17, 15) is 43.9 Å². The molecule has 23 heavy (non-hydrogen) atoms. The zero-order valence-corrected chi connectivity index (χ0v) is 11.9. The van der Waals surface area contributed by atoms with Crippen molar-refractivity contribution in [2.45, 2.75) is 24.4 Å². The van der Waals surface area contributed by atoms with Gasteiger partial charge in [0.25, 0.3) is 0 Å². The number of alkyl halides is 10. The highest BCUT2D eigenvalue weighted by Crippen LogP contribution is 2.54. The van der Waals surface area contributed by atoms with Crippen LogP contribution in [0.2, 0.25) is 0 Å². The predicted molar refractivity (Wildman–Crippen MR) is 60.1 cm³/mol. The number of nitrogens with two attached hydrogens (primary N) is 1. The van der Waals surface area contributed by atoms with E-state index in [0.717, 1.165) is 0 Å². The summed E-state index contributed by atoms with van der Waals surface area (Å²) in [5.41, 5.74) is -3.98. The smallest absolute Gasteiger partial charge is 0.404 e. The third kappa shape index (κ3) is 3.75. The fourth-order valence-corrected chi connectivity index (χ4v) is 1.93. The van der Waals surface area contributed by atoms with Crippen LogP contribution in [0.3, 0.4) is 0 Å². The molecule has 0 unspecified atom stereocenters. The average molecular weight is 424 g/mol. The first-order valence-corrected chi connectivity index (χ1v) is 5.97. The van der Waals surface area contributed by atoms with Crippen molar-refractivity contribution in [2.75, 3.05) is 5.73 Å². The van der Waals surface area contributed by atoms with Gasteiger partial charge in [-0.25, -0.2) is 4.39 Å². The molecule has 0 aliphatic carbocycles. The van der Waals surface area contributed by atoms with Gasteiger partial charge in [0.1, 0.15) is 0 Å². The standard InChI is InChI=1S/C10H4BrF10NO/c11-4-1-3(2-5(6(4)22)23-10(19,20)21)7(12,8(13,14)15)9(16,17)18/h1-2H,22H2. The van der Waals surface area contributed by atoms with Crippen LogP contribution in [0, 0.1) is 0 Å². The summed E-state index contributed by atoms with van der Waals surface area (Å²) in [6.07, 6.45) is -18.5. The first-order valence-electron chi connectivity index (χ1n) is 5.18. The van der Waals surface area contributed by atoms with Crippen LogP contribution in [-0.4, -0.2) is 18.7 Å². The van der Waals surface area contributed by atoms with Gasteiger partial charge < -0.3 is 10.5 Å². The molecule has 132 valence electrons. The van der Waals surface area contributed by atoms with E-state index in [0.29, 0.717) is 0 Å². The zero-order chi connectivity index (χ0) is 18.4. The molecule has 0 radical (unpaired) electrons. The lowest BCUT2D eigenvalue weighted by Gasteiger charge is -2.31.